The Morgan fingerprint density at radius 1 is 1.00 bits per heavy atom. The fourth-order valence-corrected chi connectivity index (χ4v) is 2.66. The highest BCUT2D eigenvalue weighted by molar-refractivity contribution is 7.98. The van der Waals surface area contributed by atoms with E-state index in [0.717, 1.165) is 6.92 Å². The summed E-state index contributed by atoms with van der Waals surface area (Å²) < 4.78 is 0. The Labute approximate surface area is 177 Å². The van der Waals surface area contributed by atoms with Gasteiger partial charge in [-0.15, -0.1) is 0 Å². The molecule has 4 amide bonds. The number of carbonyl (C=O) groups is 5. The first-order chi connectivity index (χ1) is 13.9. The number of amides is 4. The fraction of sp³-hybridized carbons (Fsp3) is 0.688. The molecule has 0 aromatic rings. The molecule has 0 saturated carbocycles. The summed E-state index contributed by atoms with van der Waals surface area (Å²) >= 11 is 1.46. The molecule has 10 N–H and O–H groups in total. The number of rotatable bonds is 14. The maximum absolute atomic E-state index is 12.4. The second-order valence-corrected chi connectivity index (χ2v) is 7.41. The highest BCUT2D eigenvalue weighted by Crippen LogP contribution is 2.01. The summed E-state index contributed by atoms with van der Waals surface area (Å²) in [7, 11) is 0. The summed E-state index contributed by atoms with van der Waals surface area (Å²) in [6.07, 6.45) is 0.0831. The molecule has 0 rings (SSSR count). The predicted octanol–water partition coefficient (Wildman–Crippen LogP) is -4.15. The van der Waals surface area contributed by atoms with Gasteiger partial charge in [0.25, 0.3) is 0 Å². The Bertz CT molecular complexity index is 633. The minimum absolute atomic E-state index is 0.315. The number of carboxylic acid groups (broad SMARTS) is 1. The molecule has 0 fully saturated rings. The van der Waals surface area contributed by atoms with E-state index in [9.17, 15) is 34.2 Å². The SMILES string of the molecule is CSCCC(N)C(=O)NC(CC(N)=O)C(=O)NC(CO)C(=O)NC(C(=O)O)C(C)O. The van der Waals surface area contributed by atoms with E-state index in [1.807, 2.05) is 11.6 Å². The first-order valence-electron chi connectivity index (χ1n) is 8.90. The van der Waals surface area contributed by atoms with Gasteiger partial charge in [-0.2, -0.15) is 11.8 Å². The first kappa shape index (κ1) is 27.6. The molecule has 0 aromatic heterocycles. The molecule has 0 spiro atoms. The maximum Gasteiger partial charge on any atom is 0.328 e. The van der Waals surface area contributed by atoms with Crippen LogP contribution in [0.25, 0.3) is 0 Å². The molecule has 5 atom stereocenters. The monoisotopic (exact) mass is 451 g/mol. The van der Waals surface area contributed by atoms with E-state index in [2.05, 4.69) is 10.6 Å². The minimum Gasteiger partial charge on any atom is -0.480 e. The standard InChI is InChI=1S/C16H29N5O8S/c1-7(23)12(16(28)29)21-15(27)10(6-22)20-14(26)9(5-11(18)24)19-13(25)8(17)3-4-30-2/h7-10,12,22-23H,3-6,17H2,1-2H3,(H2,18,24)(H,19,25)(H,20,26)(H,21,27)(H,28,29). The van der Waals surface area contributed by atoms with Crippen molar-refractivity contribution in [2.45, 2.75) is 50.0 Å². The Balaban J connectivity index is 5.21. The number of aliphatic carboxylic acids is 1. The molecule has 14 heteroatoms. The van der Waals surface area contributed by atoms with Gasteiger partial charge in [-0.25, -0.2) is 4.79 Å². The van der Waals surface area contributed by atoms with E-state index in [0.29, 0.717) is 12.2 Å². The quantitative estimate of drug-likeness (QED) is 0.127. The number of hydrogen-bond donors (Lipinski definition) is 8. The number of aliphatic hydroxyl groups excluding tert-OH is 2. The number of primary amides is 1. The largest absolute Gasteiger partial charge is 0.480 e. The number of carbonyl (C=O) groups excluding carboxylic acids is 4. The smallest absolute Gasteiger partial charge is 0.328 e. The zero-order valence-corrected chi connectivity index (χ0v) is 17.5. The van der Waals surface area contributed by atoms with E-state index < -0.39 is 72.9 Å². The zero-order chi connectivity index (χ0) is 23.4. The van der Waals surface area contributed by atoms with Gasteiger partial charge < -0.3 is 42.7 Å². The Morgan fingerprint density at radius 2 is 1.53 bits per heavy atom. The van der Waals surface area contributed by atoms with Crippen molar-refractivity contribution in [3.63, 3.8) is 0 Å². The van der Waals surface area contributed by atoms with Gasteiger partial charge in [-0.05, 0) is 25.4 Å². The second-order valence-electron chi connectivity index (χ2n) is 6.43. The van der Waals surface area contributed by atoms with Crippen molar-refractivity contribution in [2.24, 2.45) is 11.5 Å². The van der Waals surface area contributed by atoms with Crippen LogP contribution in [0, 0.1) is 0 Å². The molecule has 0 aliphatic heterocycles. The molecule has 172 valence electrons. The number of hydrogen-bond acceptors (Lipinski definition) is 9. The number of thioether (sulfide) groups is 1. The molecule has 5 unspecified atom stereocenters. The number of aliphatic hydroxyl groups is 2. The lowest BCUT2D eigenvalue weighted by molar-refractivity contribution is -0.145. The van der Waals surface area contributed by atoms with Crippen LogP contribution in [-0.4, -0.2) is 93.8 Å². The Morgan fingerprint density at radius 3 is 1.97 bits per heavy atom. The molecule has 30 heavy (non-hydrogen) atoms. The summed E-state index contributed by atoms with van der Waals surface area (Å²) in [5.41, 5.74) is 10.8. The molecule has 13 nitrogen and oxygen atoms in total. The normalized spacial score (nSPS) is 15.8. The van der Waals surface area contributed by atoms with Crippen LogP contribution in [0.15, 0.2) is 0 Å². The Kier molecular flexibility index (Phi) is 12.6. The molecular formula is C16H29N5O8S. The van der Waals surface area contributed by atoms with Gasteiger partial charge in [-0.3, -0.25) is 19.2 Å². The lowest BCUT2D eigenvalue weighted by Gasteiger charge is -2.24. The molecular weight excluding hydrogens is 422 g/mol. The van der Waals surface area contributed by atoms with Crippen LogP contribution in [0.1, 0.15) is 19.8 Å². The van der Waals surface area contributed by atoms with Crippen LogP contribution in [0.4, 0.5) is 0 Å². The zero-order valence-electron chi connectivity index (χ0n) is 16.7. The number of carboxylic acids is 1. The van der Waals surface area contributed by atoms with Crippen LogP contribution in [0.2, 0.25) is 0 Å². The third-order valence-electron chi connectivity index (χ3n) is 3.87. The van der Waals surface area contributed by atoms with Crippen molar-refractivity contribution >= 4 is 41.4 Å². The summed E-state index contributed by atoms with van der Waals surface area (Å²) in [4.78, 5) is 59.1. The molecule has 0 bridgehead atoms. The van der Waals surface area contributed by atoms with E-state index in [4.69, 9.17) is 16.6 Å². The van der Waals surface area contributed by atoms with E-state index in [-0.39, 0.29) is 0 Å². The summed E-state index contributed by atoms with van der Waals surface area (Å²) in [5.74, 6) is -4.69. The lowest BCUT2D eigenvalue weighted by Crippen LogP contribution is -2.59. The van der Waals surface area contributed by atoms with E-state index >= 15 is 0 Å². The predicted molar refractivity (Wildman–Crippen MR) is 107 cm³/mol. The summed E-state index contributed by atoms with van der Waals surface area (Å²) in [6, 6.07) is -5.71. The van der Waals surface area contributed by atoms with E-state index in [1.54, 1.807) is 0 Å². The number of nitrogens with one attached hydrogen (secondary N) is 3. The molecule has 0 aliphatic rings. The Hall–Kier alpha value is -2.42. The summed E-state index contributed by atoms with van der Waals surface area (Å²) in [6.45, 7) is 0.207. The average molecular weight is 452 g/mol. The van der Waals surface area contributed by atoms with E-state index in [1.165, 1.54) is 11.8 Å². The van der Waals surface area contributed by atoms with Crippen LogP contribution in [0.3, 0.4) is 0 Å². The van der Waals surface area contributed by atoms with Gasteiger partial charge >= 0.3 is 5.97 Å². The molecule has 0 saturated heterocycles. The van der Waals surface area contributed by atoms with Gasteiger partial charge in [0.05, 0.1) is 25.2 Å². The van der Waals surface area contributed by atoms with Gasteiger partial charge in [0, 0.05) is 0 Å². The average Bonchev–Trinajstić information content (AvgIpc) is 2.66. The van der Waals surface area contributed by atoms with Gasteiger partial charge in [0.2, 0.25) is 23.6 Å². The minimum atomic E-state index is -1.68. The van der Waals surface area contributed by atoms with Crippen molar-refractivity contribution in [2.75, 3.05) is 18.6 Å². The van der Waals surface area contributed by atoms with Crippen molar-refractivity contribution in [1.82, 2.24) is 16.0 Å². The van der Waals surface area contributed by atoms with Crippen molar-refractivity contribution in [3.05, 3.63) is 0 Å². The molecule has 0 radical (unpaired) electrons. The topological polar surface area (TPSA) is 234 Å². The lowest BCUT2D eigenvalue weighted by atomic mass is 10.1. The van der Waals surface area contributed by atoms with Crippen molar-refractivity contribution in [1.29, 1.82) is 0 Å². The maximum atomic E-state index is 12.4. The second kappa shape index (κ2) is 13.7. The van der Waals surface area contributed by atoms with Crippen molar-refractivity contribution < 1.29 is 39.3 Å². The highest BCUT2D eigenvalue weighted by atomic mass is 32.2. The fourth-order valence-electron chi connectivity index (χ4n) is 2.17. The van der Waals surface area contributed by atoms with Gasteiger partial charge in [0.15, 0.2) is 6.04 Å². The van der Waals surface area contributed by atoms with Crippen LogP contribution in [-0.2, 0) is 24.0 Å². The van der Waals surface area contributed by atoms with Gasteiger partial charge in [-0.1, -0.05) is 0 Å². The third kappa shape index (κ3) is 9.87. The first-order valence-corrected chi connectivity index (χ1v) is 10.3. The number of nitrogens with two attached hydrogens (primary N) is 2. The molecule has 0 aliphatic carbocycles. The van der Waals surface area contributed by atoms with Crippen LogP contribution >= 0.6 is 11.8 Å². The van der Waals surface area contributed by atoms with Crippen molar-refractivity contribution in [3.8, 4) is 0 Å². The third-order valence-corrected chi connectivity index (χ3v) is 4.51. The van der Waals surface area contributed by atoms with Crippen LogP contribution < -0.4 is 27.4 Å². The van der Waals surface area contributed by atoms with Crippen LogP contribution in [0.5, 0.6) is 0 Å². The molecule has 0 heterocycles. The van der Waals surface area contributed by atoms with Gasteiger partial charge in [0.1, 0.15) is 12.1 Å². The molecule has 0 aromatic carbocycles. The highest BCUT2D eigenvalue weighted by Gasteiger charge is 2.32. The summed E-state index contributed by atoms with van der Waals surface area (Å²) in [5, 5.41) is 34.1.